The molecule has 0 radical (unpaired) electrons. The lowest BCUT2D eigenvalue weighted by Gasteiger charge is -2.38. The predicted molar refractivity (Wildman–Crippen MR) is 92.9 cm³/mol. The van der Waals surface area contributed by atoms with Gasteiger partial charge < -0.3 is 14.4 Å². The van der Waals surface area contributed by atoms with Gasteiger partial charge in [-0.3, -0.25) is 4.79 Å². The highest BCUT2D eigenvalue weighted by Crippen LogP contribution is 2.35. The maximum absolute atomic E-state index is 12.8. The van der Waals surface area contributed by atoms with Crippen LogP contribution in [0.1, 0.15) is 29.7 Å². The monoisotopic (exact) mass is 325 g/mol. The van der Waals surface area contributed by atoms with Crippen molar-refractivity contribution in [2.45, 2.75) is 32.0 Å². The fourth-order valence-electron chi connectivity index (χ4n) is 3.23. The smallest absolute Gasteiger partial charge is 0.252 e. The van der Waals surface area contributed by atoms with E-state index >= 15 is 0 Å². The molecule has 3 rings (SSSR count). The lowest BCUT2D eigenvalue weighted by molar-refractivity contribution is -0.144. The second-order valence-corrected chi connectivity index (χ2v) is 6.11. The minimum Gasteiger partial charge on any atom is -0.497 e. The molecule has 0 bridgehead atoms. The van der Waals surface area contributed by atoms with E-state index in [0.29, 0.717) is 6.54 Å². The second kappa shape index (κ2) is 7.05. The van der Waals surface area contributed by atoms with Gasteiger partial charge in [0.25, 0.3) is 5.91 Å². The van der Waals surface area contributed by atoms with E-state index in [0.717, 1.165) is 23.3 Å². The average molecular weight is 325 g/mol. The van der Waals surface area contributed by atoms with Gasteiger partial charge in [0.05, 0.1) is 13.2 Å². The molecule has 0 aromatic heterocycles. The Hall–Kier alpha value is -2.33. The Balaban J connectivity index is 2.00. The largest absolute Gasteiger partial charge is 0.497 e. The molecule has 0 fully saturated rings. The van der Waals surface area contributed by atoms with Gasteiger partial charge in [0.2, 0.25) is 0 Å². The number of methoxy groups -OCH3 is 2. The average Bonchev–Trinajstić information content (AvgIpc) is 2.65. The first-order chi connectivity index (χ1) is 11.6. The van der Waals surface area contributed by atoms with E-state index in [9.17, 15) is 4.79 Å². The molecule has 0 aliphatic carbocycles. The third-order valence-corrected chi connectivity index (χ3v) is 4.71. The van der Waals surface area contributed by atoms with E-state index in [1.54, 1.807) is 21.1 Å². The quantitative estimate of drug-likeness (QED) is 0.865. The molecule has 2 atom stereocenters. The number of nitrogens with zero attached hydrogens (tertiary/aromatic N) is 1. The molecule has 4 nitrogen and oxygen atoms in total. The highest BCUT2D eigenvalue weighted by Gasteiger charge is 2.33. The molecule has 0 saturated carbocycles. The van der Waals surface area contributed by atoms with E-state index in [4.69, 9.17) is 9.47 Å². The number of rotatable bonds is 4. The summed E-state index contributed by atoms with van der Waals surface area (Å²) in [7, 11) is 3.23. The van der Waals surface area contributed by atoms with Crippen LogP contribution in [0.2, 0.25) is 0 Å². The van der Waals surface area contributed by atoms with Gasteiger partial charge in [0, 0.05) is 13.7 Å². The van der Waals surface area contributed by atoms with Gasteiger partial charge in [-0.05, 0) is 42.2 Å². The van der Waals surface area contributed by atoms with Gasteiger partial charge in [-0.1, -0.05) is 36.4 Å². The van der Waals surface area contributed by atoms with Crippen molar-refractivity contribution in [1.82, 2.24) is 4.90 Å². The van der Waals surface area contributed by atoms with E-state index < -0.39 is 6.10 Å². The minimum atomic E-state index is -0.455. The molecule has 1 amide bonds. The normalized spacial score (nSPS) is 18.0. The summed E-state index contributed by atoms with van der Waals surface area (Å²) >= 11 is 0. The zero-order valence-corrected chi connectivity index (χ0v) is 14.4. The fourth-order valence-corrected chi connectivity index (χ4v) is 3.23. The summed E-state index contributed by atoms with van der Waals surface area (Å²) in [6.45, 7) is 2.37. The Labute approximate surface area is 143 Å². The molecule has 1 aliphatic rings. The lowest BCUT2D eigenvalue weighted by atomic mass is 9.89. The molecule has 2 aromatic carbocycles. The molecular formula is C20H23NO3. The van der Waals surface area contributed by atoms with Crippen molar-refractivity contribution < 1.29 is 14.3 Å². The summed E-state index contributed by atoms with van der Waals surface area (Å²) in [5.41, 5.74) is 3.55. The van der Waals surface area contributed by atoms with Gasteiger partial charge in [-0.25, -0.2) is 0 Å². The third-order valence-electron chi connectivity index (χ3n) is 4.71. The fraction of sp³-hybridized carbons (Fsp3) is 0.350. The Morgan fingerprint density at radius 1 is 1.12 bits per heavy atom. The van der Waals surface area contributed by atoms with Crippen LogP contribution in [-0.4, -0.2) is 31.1 Å². The molecule has 1 aliphatic heterocycles. The molecular weight excluding hydrogens is 302 g/mol. The number of carbonyl (C=O) groups excluding carboxylic acids is 1. The van der Waals surface area contributed by atoms with Crippen LogP contribution in [0.25, 0.3) is 0 Å². The van der Waals surface area contributed by atoms with Gasteiger partial charge >= 0.3 is 0 Å². The van der Waals surface area contributed by atoms with Crippen molar-refractivity contribution in [1.29, 1.82) is 0 Å². The van der Waals surface area contributed by atoms with Crippen LogP contribution in [0, 0.1) is 0 Å². The molecule has 0 spiro atoms. The van der Waals surface area contributed by atoms with Gasteiger partial charge in [0.15, 0.2) is 0 Å². The first-order valence-corrected chi connectivity index (χ1v) is 8.18. The molecule has 1 heterocycles. The van der Waals surface area contributed by atoms with Crippen molar-refractivity contribution in [2.75, 3.05) is 14.2 Å². The molecule has 2 unspecified atom stereocenters. The molecule has 24 heavy (non-hydrogen) atoms. The number of benzene rings is 2. The second-order valence-electron chi connectivity index (χ2n) is 6.11. The van der Waals surface area contributed by atoms with Crippen molar-refractivity contribution in [3.63, 3.8) is 0 Å². The molecule has 4 heteroatoms. The number of hydrogen-bond donors (Lipinski definition) is 0. The maximum atomic E-state index is 12.8. The van der Waals surface area contributed by atoms with Crippen molar-refractivity contribution in [3.05, 3.63) is 65.2 Å². The van der Waals surface area contributed by atoms with Crippen LogP contribution in [-0.2, 0) is 22.5 Å². The first kappa shape index (κ1) is 16.5. The Bertz CT molecular complexity index is 714. The minimum absolute atomic E-state index is 0.0137. The molecule has 126 valence electrons. The van der Waals surface area contributed by atoms with Crippen LogP contribution in [0.5, 0.6) is 5.75 Å². The van der Waals surface area contributed by atoms with E-state index in [2.05, 4.69) is 18.2 Å². The lowest BCUT2D eigenvalue weighted by Crippen LogP contribution is -2.43. The van der Waals surface area contributed by atoms with Crippen molar-refractivity contribution in [3.8, 4) is 5.75 Å². The van der Waals surface area contributed by atoms with Gasteiger partial charge in [-0.15, -0.1) is 0 Å². The number of amides is 1. The van der Waals surface area contributed by atoms with Crippen LogP contribution < -0.4 is 4.74 Å². The van der Waals surface area contributed by atoms with Crippen LogP contribution in [0.15, 0.2) is 48.5 Å². The van der Waals surface area contributed by atoms with Crippen LogP contribution >= 0.6 is 0 Å². The molecule has 2 aromatic rings. The highest BCUT2D eigenvalue weighted by atomic mass is 16.5. The summed E-state index contributed by atoms with van der Waals surface area (Å²) in [4.78, 5) is 14.8. The first-order valence-electron chi connectivity index (χ1n) is 8.18. The SMILES string of the molecule is COc1ccc2c(c1)CN(C(=O)C(C)OC)C(c1ccccc1)C2. The van der Waals surface area contributed by atoms with Gasteiger partial charge in [-0.2, -0.15) is 0 Å². The van der Waals surface area contributed by atoms with E-state index in [1.807, 2.05) is 35.2 Å². The summed E-state index contributed by atoms with van der Waals surface area (Å²) in [6, 6.07) is 16.3. The van der Waals surface area contributed by atoms with E-state index in [1.165, 1.54) is 5.56 Å². The van der Waals surface area contributed by atoms with Crippen LogP contribution in [0.4, 0.5) is 0 Å². The predicted octanol–water partition coefficient (Wildman–Crippen LogP) is 3.36. The maximum Gasteiger partial charge on any atom is 0.252 e. The topological polar surface area (TPSA) is 38.8 Å². The number of fused-ring (bicyclic) bond motifs is 1. The van der Waals surface area contributed by atoms with Crippen LogP contribution in [0.3, 0.4) is 0 Å². The standard InChI is InChI=1S/C20H23NO3/c1-14(23-2)20(22)21-13-17-11-18(24-3)10-9-16(17)12-19(21)15-7-5-4-6-8-15/h4-11,14,19H,12-13H2,1-3H3. The number of hydrogen-bond acceptors (Lipinski definition) is 3. The van der Waals surface area contributed by atoms with Crippen molar-refractivity contribution >= 4 is 5.91 Å². The summed E-state index contributed by atoms with van der Waals surface area (Å²) in [5, 5.41) is 0. The zero-order chi connectivity index (χ0) is 17.1. The van der Waals surface area contributed by atoms with Crippen molar-refractivity contribution in [2.24, 2.45) is 0 Å². The summed E-state index contributed by atoms with van der Waals surface area (Å²) < 4.78 is 10.6. The Kier molecular flexibility index (Phi) is 4.86. The third kappa shape index (κ3) is 3.15. The number of ether oxygens (including phenoxy) is 2. The Morgan fingerprint density at radius 2 is 1.88 bits per heavy atom. The highest BCUT2D eigenvalue weighted by molar-refractivity contribution is 5.81. The molecule has 0 saturated heterocycles. The van der Waals surface area contributed by atoms with E-state index in [-0.39, 0.29) is 11.9 Å². The number of carbonyl (C=O) groups is 1. The summed E-state index contributed by atoms with van der Waals surface area (Å²) in [6.07, 6.45) is 0.342. The molecule has 0 N–H and O–H groups in total. The van der Waals surface area contributed by atoms with Gasteiger partial charge in [0.1, 0.15) is 11.9 Å². The zero-order valence-electron chi connectivity index (χ0n) is 14.4. The summed E-state index contributed by atoms with van der Waals surface area (Å²) in [5.74, 6) is 0.832. The Morgan fingerprint density at radius 3 is 2.54 bits per heavy atom.